The van der Waals surface area contributed by atoms with Crippen LogP contribution < -0.4 is 10.1 Å². The maximum atomic E-state index is 5.33. The van der Waals surface area contributed by atoms with Crippen LogP contribution in [0, 0.1) is 0 Å². The van der Waals surface area contributed by atoms with Crippen molar-refractivity contribution in [2.75, 3.05) is 33.8 Å². The number of benzene rings is 1. The quantitative estimate of drug-likeness (QED) is 0.893. The highest BCUT2D eigenvalue weighted by atomic mass is 16.5. The first-order chi connectivity index (χ1) is 9.83. The van der Waals surface area contributed by atoms with Crippen molar-refractivity contribution >= 4 is 0 Å². The maximum Gasteiger partial charge on any atom is 0.119 e. The van der Waals surface area contributed by atoms with Gasteiger partial charge in [-0.3, -0.25) is 0 Å². The summed E-state index contributed by atoms with van der Waals surface area (Å²) in [6.45, 7) is 3.56. The molecule has 1 fully saturated rings. The fraction of sp³-hybridized carbons (Fsp3) is 0.647. The van der Waals surface area contributed by atoms with Gasteiger partial charge >= 0.3 is 0 Å². The summed E-state index contributed by atoms with van der Waals surface area (Å²) in [4.78, 5) is 2.61. The zero-order chi connectivity index (χ0) is 14.2. The molecule has 1 unspecified atom stereocenters. The second-order valence-electron chi connectivity index (χ2n) is 5.69. The van der Waals surface area contributed by atoms with Gasteiger partial charge in [-0.1, -0.05) is 31.4 Å². The summed E-state index contributed by atoms with van der Waals surface area (Å²) in [5.41, 5.74) is 1.31. The highest BCUT2D eigenvalue weighted by Crippen LogP contribution is 2.21. The van der Waals surface area contributed by atoms with Crippen LogP contribution in [0.2, 0.25) is 0 Å². The summed E-state index contributed by atoms with van der Waals surface area (Å²) in [6, 6.07) is 8.79. The molecule has 0 aliphatic carbocycles. The molecular weight excluding hydrogens is 248 g/mol. The molecule has 1 aromatic rings. The number of nitrogens with zero attached hydrogens (tertiary/aromatic N) is 1. The Morgan fingerprint density at radius 3 is 2.50 bits per heavy atom. The van der Waals surface area contributed by atoms with Crippen molar-refractivity contribution in [1.82, 2.24) is 10.2 Å². The van der Waals surface area contributed by atoms with Gasteiger partial charge in [0.15, 0.2) is 0 Å². The van der Waals surface area contributed by atoms with Crippen molar-refractivity contribution in [3.8, 4) is 5.75 Å². The summed E-state index contributed by atoms with van der Waals surface area (Å²) in [6.07, 6.45) is 6.88. The molecule has 0 aromatic heterocycles. The molecule has 0 bridgehead atoms. The third-order valence-corrected chi connectivity index (χ3v) is 4.23. The predicted octanol–water partition coefficient (Wildman–Crippen LogP) is 3.22. The van der Waals surface area contributed by atoms with Gasteiger partial charge in [-0.15, -0.1) is 0 Å². The number of likely N-dealkylation sites (N-methyl/N-ethyl adjacent to an activating group) is 1. The van der Waals surface area contributed by atoms with Crippen LogP contribution in [0.1, 0.15) is 43.7 Å². The molecule has 1 aromatic carbocycles. The summed E-state index contributed by atoms with van der Waals surface area (Å²) < 4.78 is 5.33. The van der Waals surface area contributed by atoms with Crippen molar-refractivity contribution in [1.29, 1.82) is 0 Å². The molecule has 20 heavy (non-hydrogen) atoms. The van der Waals surface area contributed by atoms with Gasteiger partial charge in [-0.05, 0) is 50.7 Å². The Morgan fingerprint density at radius 1 is 1.15 bits per heavy atom. The van der Waals surface area contributed by atoms with Crippen LogP contribution in [0.25, 0.3) is 0 Å². The summed E-state index contributed by atoms with van der Waals surface area (Å²) in [5.74, 6) is 0.940. The molecule has 0 spiro atoms. The minimum Gasteiger partial charge on any atom is -0.497 e. The summed E-state index contributed by atoms with van der Waals surface area (Å²) in [7, 11) is 3.78. The Labute approximate surface area is 123 Å². The van der Waals surface area contributed by atoms with E-state index in [9.17, 15) is 0 Å². The number of nitrogens with one attached hydrogen (secondary N) is 1. The van der Waals surface area contributed by atoms with Gasteiger partial charge in [-0.25, -0.2) is 0 Å². The van der Waals surface area contributed by atoms with E-state index in [2.05, 4.69) is 28.4 Å². The van der Waals surface area contributed by atoms with Gasteiger partial charge in [0.1, 0.15) is 5.75 Å². The van der Waals surface area contributed by atoms with Crippen LogP contribution in [0.3, 0.4) is 0 Å². The van der Waals surface area contributed by atoms with Crippen LogP contribution >= 0.6 is 0 Å². The second-order valence-corrected chi connectivity index (χ2v) is 5.69. The number of hydrogen-bond donors (Lipinski definition) is 1. The highest BCUT2D eigenvalue weighted by molar-refractivity contribution is 5.30. The molecule has 1 saturated heterocycles. The molecule has 2 rings (SSSR count). The standard InChI is InChI=1S/C17H28N2O/c1-18-17(15-9-8-10-16(13-15)20-2)14-19-11-6-4-3-5-7-12-19/h8-10,13,17-18H,3-7,11-12,14H2,1-2H3. The van der Waals surface area contributed by atoms with E-state index >= 15 is 0 Å². The van der Waals surface area contributed by atoms with Crippen LogP contribution in [0.5, 0.6) is 5.75 Å². The number of hydrogen-bond acceptors (Lipinski definition) is 3. The average Bonchev–Trinajstić information content (AvgIpc) is 2.46. The third kappa shape index (κ3) is 4.50. The van der Waals surface area contributed by atoms with Gasteiger partial charge in [-0.2, -0.15) is 0 Å². The van der Waals surface area contributed by atoms with Crippen molar-refractivity contribution in [3.63, 3.8) is 0 Å². The van der Waals surface area contributed by atoms with E-state index in [0.29, 0.717) is 6.04 Å². The lowest BCUT2D eigenvalue weighted by atomic mass is 10.0. The Bertz CT molecular complexity index is 386. The predicted molar refractivity (Wildman–Crippen MR) is 84.3 cm³/mol. The molecule has 1 heterocycles. The Kier molecular flexibility index (Phi) is 6.34. The monoisotopic (exact) mass is 276 g/mol. The number of likely N-dealkylation sites (tertiary alicyclic amines) is 1. The average molecular weight is 276 g/mol. The fourth-order valence-corrected chi connectivity index (χ4v) is 2.98. The van der Waals surface area contributed by atoms with E-state index in [4.69, 9.17) is 4.74 Å². The van der Waals surface area contributed by atoms with Gasteiger partial charge < -0.3 is 15.0 Å². The SMILES string of the molecule is CNC(CN1CCCCCCC1)c1cccc(OC)c1. The largest absolute Gasteiger partial charge is 0.497 e. The van der Waals surface area contributed by atoms with Gasteiger partial charge in [0.25, 0.3) is 0 Å². The molecular formula is C17H28N2O. The molecule has 112 valence electrons. The third-order valence-electron chi connectivity index (χ3n) is 4.23. The molecule has 1 aliphatic heterocycles. The first-order valence-electron chi connectivity index (χ1n) is 7.87. The van der Waals surface area contributed by atoms with Crippen LogP contribution in [-0.4, -0.2) is 38.7 Å². The molecule has 3 heteroatoms. The number of rotatable bonds is 5. The first kappa shape index (κ1) is 15.3. The zero-order valence-corrected chi connectivity index (χ0v) is 12.9. The second kappa shape index (κ2) is 8.28. The van der Waals surface area contributed by atoms with Crippen molar-refractivity contribution in [2.45, 2.75) is 38.1 Å². The first-order valence-corrected chi connectivity index (χ1v) is 7.87. The normalized spacial score (nSPS) is 19.1. The van der Waals surface area contributed by atoms with E-state index in [1.807, 2.05) is 13.1 Å². The molecule has 0 radical (unpaired) electrons. The topological polar surface area (TPSA) is 24.5 Å². The lowest BCUT2D eigenvalue weighted by molar-refractivity contribution is 0.225. The van der Waals surface area contributed by atoms with Gasteiger partial charge in [0.2, 0.25) is 0 Å². The van der Waals surface area contributed by atoms with E-state index < -0.39 is 0 Å². The molecule has 1 atom stereocenters. The summed E-state index contributed by atoms with van der Waals surface area (Å²) >= 11 is 0. The van der Waals surface area contributed by atoms with Crippen LogP contribution in [0.4, 0.5) is 0 Å². The highest BCUT2D eigenvalue weighted by Gasteiger charge is 2.15. The van der Waals surface area contributed by atoms with Crippen molar-refractivity contribution < 1.29 is 4.74 Å². The van der Waals surface area contributed by atoms with E-state index in [0.717, 1.165) is 12.3 Å². The number of methoxy groups -OCH3 is 1. The van der Waals surface area contributed by atoms with Crippen LogP contribution in [0.15, 0.2) is 24.3 Å². The minimum atomic E-state index is 0.379. The molecule has 0 amide bonds. The molecule has 1 N–H and O–H groups in total. The van der Waals surface area contributed by atoms with Gasteiger partial charge in [0, 0.05) is 12.6 Å². The van der Waals surface area contributed by atoms with Crippen molar-refractivity contribution in [3.05, 3.63) is 29.8 Å². The molecule has 3 nitrogen and oxygen atoms in total. The van der Waals surface area contributed by atoms with E-state index in [1.165, 1.54) is 50.8 Å². The Morgan fingerprint density at radius 2 is 1.85 bits per heavy atom. The zero-order valence-electron chi connectivity index (χ0n) is 12.9. The van der Waals surface area contributed by atoms with E-state index in [1.54, 1.807) is 7.11 Å². The van der Waals surface area contributed by atoms with Crippen molar-refractivity contribution in [2.24, 2.45) is 0 Å². The fourth-order valence-electron chi connectivity index (χ4n) is 2.98. The van der Waals surface area contributed by atoms with E-state index in [-0.39, 0.29) is 0 Å². The Balaban J connectivity index is 1.99. The minimum absolute atomic E-state index is 0.379. The Hall–Kier alpha value is -1.06. The van der Waals surface area contributed by atoms with Gasteiger partial charge in [0.05, 0.1) is 7.11 Å². The lowest BCUT2D eigenvalue weighted by Gasteiger charge is -2.29. The van der Waals surface area contributed by atoms with Crippen LogP contribution in [-0.2, 0) is 0 Å². The maximum absolute atomic E-state index is 5.33. The summed E-state index contributed by atoms with van der Waals surface area (Å²) in [5, 5.41) is 3.46. The lowest BCUT2D eigenvalue weighted by Crippen LogP contribution is -2.35. The molecule has 0 saturated carbocycles. The smallest absolute Gasteiger partial charge is 0.119 e. The number of ether oxygens (including phenoxy) is 1. The molecule has 1 aliphatic rings.